The Morgan fingerprint density at radius 2 is 2.00 bits per heavy atom. The molecule has 1 aliphatic carbocycles. The second-order valence-corrected chi connectivity index (χ2v) is 7.18. The Hall–Kier alpha value is -2.17. The zero-order chi connectivity index (χ0) is 19.7. The lowest BCUT2D eigenvalue weighted by Gasteiger charge is -2.21. The summed E-state index contributed by atoms with van der Waals surface area (Å²) < 4.78 is 47.9. The maximum Gasteiger partial charge on any atom is 0.573 e. The van der Waals surface area contributed by atoms with Crippen molar-refractivity contribution < 1.29 is 27.8 Å². The van der Waals surface area contributed by atoms with Gasteiger partial charge in [0, 0.05) is 18.7 Å². The molecule has 2 fully saturated rings. The van der Waals surface area contributed by atoms with E-state index in [2.05, 4.69) is 20.4 Å². The summed E-state index contributed by atoms with van der Waals surface area (Å²) in [4.78, 5) is 0. The van der Waals surface area contributed by atoms with E-state index in [-0.39, 0.29) is 24.5 Å². The van der Waals surface area contributed by atoms with Crippen LogP contribution in [0.1, 0.15) is 30.0 Å². The van der Waals surface area contributed by atoms with E-state index in [0.717, 1.165) is 24.1 Å². The van der Waals surface area contributed by atoms with Gasteiger partial charge in [-0.2, -0.15) is 0 Å². The number of aliphatic hydroxyl groups excluding tert-OH is 1. The van der Waals surface area contributed by atoms with Gasteiger partial charge in [-0.05, 0) is 30.5 Å². The maximum atomic E-state index is 12.2. The summed E-state index contributed by atoms with van der Waals surface area (Å²) in [5.74, 6) is 0.248. The third-order valence-electron chi connectivity index (χ3n) is 4.91. The molecule has 1 aromatic carbocycles. The van der Waals surface area contributed by atoms with E-state index in [4.69, 9.17) is 4.74 Å². The van der Waals surface area contributed by atoms with Crippen molar-refractivity contribution in [2.75, 3.05) is 6.61 Å². The molecule has 0 spiro atoms. The van der Waals surface area contributed by atoms with Crippen molar-refractivity contribution in [3.8, 4) is 5.75 Å². The van der Waals surface area contributed by atoms with Crippen molar-refractivity contribution >= 4 is 0 Å². The van der Waals surface area contributed by atoms with Crippen molar-refractivity contribution in [1.29, 1.82) is 0 Å². The number of alkyl halides is 3. The van der Waals surface area contributed by atoms with Gasteiger partial charge in [-0.25, -0.2) is 4.68 Å². The normalized spacial score (nSPS) is 25.2. The molecule has 1 saturated carbocycles. The Morgan fingerprint density at radius 1 is 1.25 bits per heavy atom. The molecule has 0 bridgehead atoms. The van der Waals surface area contributed by atoms with Crippen LogP contribution >= 0.6 is 0 Å². The molecule has 2 aromatic rings. The van der Waals surface area contributed by atoms with Crippen LogP contribution < -0.4 is 10.1 Å². The monoisotopic (exact) mass is 398 g/mol. The molecule has 3 atom stereocenters. The summed E-state index contributed by atoms with van der Waals surface area (Å²) in [5, 5.41) is 21.7. The quantitative estimate of drug-likeness (QED) is 0.742. The fraction of sp³-hybridized carbons (Fsp3) is 0.556. The van der Waals surface area contributed by atoms with Gasteiger partial charge in [0.2, 0.25) is 0 Å². The molecule has 4 rings (SSSR count). The predicted molar refractivity (Wildman–Crippen MR) is 91.5 cm³/mol. The number of aromatic nitrogens is 3. The second kappa shape index (κ2) is 7.69. The molecule has 2 N–H and O–H groups in total. The van der Waals surface area contributed by atoms with Gasteiger partial charge in [0.1, 0.15) is 5.75 Å². The standard InChI is InChI=1S/C18H21F3N4O3/c19-18(20,21)28-13-5-1-11(2-6-13)7-22-17-15(26)10-27-16(17)9-25-8-14(23-24-25)12-3-4-12/h1-2,5-6,8,12,15-17,22,26H,3-4,7,9-10H2/t15-,16+,17+/m0/s1. The molecule has 10 heteroatoms. The zero-order valence-electron chi connectivity index (χ0n) is 15.0. The SMILES string of the molecule is O[C@H]1CO[C@H](Cn2cc(C3CC3)nn2)[C@@H]1NCc1ccc(OC(F)(F)F)cc1. The summed E-state index contributed by atoms with van der Waals surface area (Å²) >= 11 is 0. The lowest BCUT2D eigenvalue weighted by atomic mass is 10.1. The highest BCUT2D eigenvalue weighted by atomic mass is 19.4. The average Bonchev–Trinajstić information content (AvgIpc) is 3.29. The summed E-state index contributed by atoms with van der Waals surface area (Å²) in [6, 6.07) is 5.30. The molecule has 0 unspecified atom stereocenters. The van der Waals surface area contributed by atoms with Gasteiger partial charge < -0.3 is 19.9 Å². The minimum atomic E-state index is -4.71. The van der Waals surface area contributed by atoms with E-state index in [1.807, 2.05) is 6.20 Å². The van der Waals surface area contributed by atoms with Gasteiger partial charge >= 0.3 is 6.36 Å². The second-order valence-electron chi connectivity index (χ2n) is 7.18. The molecule has 1 aromatic heterocycles. The molecule has 152 valence electrons. The van der Waals surface area contributed by atoms with Gasteiger partial charge in [-0.3, -0.25) is 0 Å². The number of rotatable bonds is 7. The first-order chi connectivity index (χ1) is 13.4. The van der Waals surface area contributed by atoms with Gasteiger partial charge in [0.15, 0.2) is 0 Å². The van der Waals surface area contributed by atoms with E-state index in [0.29, 0.717) is 19.0 Å². The number of hydrogen-bond donors (Lipinski definition) is 2. The molecular weight excluding hydrogens is 377 g/mol. The highest BCUT2D eigenvalue weighted by Crippen LogP contribution is 2.38. The summed E-state index contributed by atoms with van der Waals surface area (Å²) in [6.07, 6.45) is -1.45. The lowest BCUT2D eigenvalue weighted by Crippen LogP contribution is -2.45. The molecule has 1 aliphatic heterocycles. The number of benzene rings is 1. The van der Waals surface area contributed by atoms with E-state index < -0.39 is 12.5 Å². The fourth-order valence-electron chi connectivity index (χ4n) is 3.31. The molecule has 7 nitrogen and oxygen atoms in total. The zero-order valence-corrected chi connectivity index (χ0v) is 15.0. The van der Waals surface area contributed by atoms with E-state index in [1.54, 1.807) is 16.8 Å². The fourth-order valence-corrected chi connectivity index (χ4v) is 3.31. The number of aliphatic hydroxyl groups is 1. The molecule has 28 heavy (non-hydrogen) atoms. The van der Waals surface area contributed by atoms with Crippen LogP contribution in [0, 0.1) is 0 Å². The Kier molecular flexibility index (Phi) is 5.26. The topological polar surface area (TPSA) is 81.4 Å². The van der Waals surface area contributed by atoms with E-state index in [1.165, 1.54) is 12.1 Å². The number of nitrogens with one attached hydrogen (secondary N) is 1. The van der Waals surface area contributed by atoms with Gasteiger partial charge in [0.25, 0.3) is 0 Å². The van der Waals surface area contributed by atoms with Crippen LogP contribution in [0.4, 0.5) is 13.2 Å². The van der Waals surface area contributed by atoms with Crippen LogP contribution in [0.15, 0.2) is 30.5 Å². The van der Waals surface area contributed by atoms with Crippen molar-refractivity contribution in [3.63, 3.8) is 0 Å². The van der Waals surface area contributed by atoms with Crippen molar-refractivity contribution in [3.05, 3.63) is 41.7 Å². The van der Waals surface area contributed by atoms with Crippen LogP contribution in [0.2, 0.25) is 0 Å². The minimum absolute atomic E-state index is 0.213. The highest BCUT2D eigenvalue weighted by Gasteiger charge is 2.36. The number of nitrogens with zero attached hydrogens (tertiary/aromatic N) is 3. The smallest absolute Gasteiger partial charge is 0.406 e. The predicted octanol–water partition coefficient (Wildman–Crippen LogP) is 1.97. The van der Waals surface area contributed by atoms with Crippen LogP contribution in [0.3, 0.4) is 0 Å². The Balaban J connectivity index is 1.32. The third kappa shape index (κ3) is 4.81. The van der Waals surface area contributed by atoms with Crippen molar-refractivity contribution in [1.82, 2.24) is 20.3 Å². The van der Waals surface area contributed by atoms with E-state index in [9.17, 15) is 18.3 Å². The summed E-state index contributed by atoms with van der Waals surface area (Å²) in [6.45, 7) is 1.05. The molecule has 0 amide bonds. The molecular formula is C18H21F3N4O3. The van der Waals surface area contributed by atoms with E-state index >= 15 is 0 Å². The van der Waals surface area contributed by atoms with Crippen LogP contribution in [0.25, 0.3) is 0 Å². The Morgan fingerprint density at radius 3 is 2.68 bits per heavy atom. The van der Waals surface area contributed by atoms with Gasteiger partial charge in [-0.15, -0.1) is 18.3 Å². The molecule has 2 heterocycles. The van der Waals surface area contributed by atoms with Crippen molar-refractivity contribution in [2.24, 2.45) is 0 Å². The van der Waals surface area contributed by atoms with Crippen LogP contribution in [-0.2, 0) is 17.8 Å². The van der Waals surface area contributed by atoms with Gasteiger partial charge in [0.05, 0.1) is 37.1 Å². The third-order valence-corrected chi connectivity index (χ3v) is 4.91. The number of halogens is 3. The first kappa shape index (κ1) is 19.2. The van der Waals surface area contributed by atoms with Crippen molar-refractivity contribution in [2.45, 2.75) is 56.5 Å². The molecule has 1 saturated heterocycles. The first-order valence-corrected chi connectivity index (χ1v) is 9.15. The maximum absolute atomic E-state index is 12.2. The Labute approximate surface area is 159 Å². The van der Waals surface area contributed by atoms with Crippen LogP contribution in [0.5, 0.6) is 5.75 Å². The largest absolute Gasteiger partial charge is 0.573 e. The number of hydrogen-bond acceptors (Lipinski definition) is 6. The summed E-state index contributed by atoms with van der Waals surface area (Å²) in [7, 11) is 0. The summed E-state index contributed by atoms with van der Waals surface area (Å²) in [5.41, 5.74) is 1.76. The molecule has 0 radical (unpaired) electrons. The number of ether oxygens (including phenoxy) is 2. The van der Waals surface area contributed by atoms with Gasteiger partial charge in [-0.1, -0.05) is 17.3 Å². The molecule has 2 aliphatic rings. The first-order valence-electron chi connectivity index (χ1n) is 9.15. The average molecular weight is 398 g/mol. The van der Waals surface area contributed by atoms with Crippen LogP contribution in [-0.4, -0.2) is 51.3 Å². The minimum Gasteiger partial charge on any atom is -0.406 e. The highest BCUT2D eigenvalue weighted by molar-refractivity contribution is 5.27. The lowest BCUT2D eigenvalue weighted by molar-refractivity contribution is -0.274. The Bertz CT molecular complexity index is 792.